The molecular formula is C17H20N2O3. The molecule has 1 amide bonds. The summed E-state index contributed by atoms with van der Waals surface area (Å²) in [5.41, 5.74) is 2.24. The van der Waals surface area contributed by atoms with Crippen LogP contribution in [0.15, 0.2) is 36.5 Å². The van der Waals surface area contributed by atoms with Crippen molar-refractivity contribution in [2.75, 3.05) is 26.9 Å². The fourth-order valence-electron chi connectivity index (χ4n) is 2.95. The van der Waals surface area contributed by atoms with Crippen LogP contribution in [-0.4, -0.2) is 43.9 Å². The van der Waals surface area contributed by atoms with Gasteiger partial charge in [-0.05, 0) is 24.1 Å². The molecule has 2 aromatic rings. The number of methoxy groups -OCH3 is 1. The van der Waals surface area contributed by atoms with E-state index < -0.39 is 0 Å². The van der Waals surface area contributed by atoms with Crippen molar-refractivity contribution in [1.82, 2.24) is 10.3 Å². The van der Waals surface area contributed by atoms with E-state index in [0.717, 1.165) is 11.9 Å². The number of amides is 1. The van der Waals surface area contributed by atoms with Gasteiger partial charge in [0.05, 0.1) is 24.8 Å². The van der Waals surface area contributed by atoms with Gasteiger partial charge in [-0.1, -0.05) is 18.2 Å². The molecule has 1 N–H and O–H groups in total. The molecule has 0 saturated carbocycles. The predicted octanol–water partition coefficient (Wildman–Crippen LogP) is 1.55. The molecule has 0 bridgehead atoms. The summed E-state index contributed by atoms with van der Waals surface area (Å²) in [7, 11) is 1.52. The van der Waals surface area contributed by atoms with Crippen molar-refractivity contribution in [1.29, 1.82) is 0 Å². The zero-order valence-electron chi connectivity index (χ0n) is 12.6. The number of aromatic nitrogens is 1. The molecule has 1 saturated heterocycles. The number of rotatable bonds is 5. The molecule has 0 spiro atoms. The Labute approximate surface area is 129 Å². The van der Waals surface area contributed by atoms with Crippen molar-refractivity contribution < 1.29 is 14.3 Å². The number of carbonyl (C=O) groups excluding carboxylic acids is 1. The molecule has 0 radical (unpaired) electrons. The maximum Gasteiger partial charge on any atom is 0.246 e. The zero-order chi connectivity index (χ0) is 15.4. The van der Waals surface area contributed by atoms with Crippen LogP contribution >= 0.6 is 0 Å². The Morgan fingerprint density at radius 2 is 2.23 bits per heavy atom. The van der Waals surface area contributed by atoms with Crippen LogP contribution in [0, 0.1) is 5.92 Å². The molecule has 1 fully saturated rings. The third kappa shape index (κ3) is 3.26. The molecule has 1 aliphatic rings. The monoisotopic (exact) mass is 300 g/mol. The van der Waals surface area contributed by atoms with E-state index in [1.807, 2.05) is 24.4 Å². The highest BCUT2D eigenvalue weighted by Crippen LogP contribution is 2.24. The smallest absolute Gasteiger partial charge is 0.246 e. The van der Waals surface area contributed by atoms with E-state index in [9.17, 15) is 4.79 Å². The second-order valence-electron chi connectivity index (χ2n) is 5.60. The average Bonchev–Trinajstić information content (AvgIpc) is 2.95. The number of nitrogens with one attached hydrogen (secondary N) is 1. The first-order chi connectivity index (χ1) is 10.8. The van der Waals surface area contributed by atoms with Crippen LogP contribution in [0.25, 0.3) is 10.9 Å². The number of carbonyl (C=O) groups is 1. The maximum atomic E-state index is 11.7. The van der Waals surface area contributed by atoms with Gasteiger partial charge < -0.3 is 14.8 Å². The van der Waals surface area contributed by atoms with Gasteiger partial charge in [0.1, 0.15) is 6.61 Å². The molecule has 22 heavy (non-hydrogen) atoms. The maximum absolute atomic E-state index is 11.7. The van der Waals surface area contributed by atoms with E-state index in [0.29, 0.717) is 13.2 Å². The van der Waals surface area contributed by atoms with Crippen molar-refractivity contribution in [3.8, 4) is 0 Å². The first-order valence-corrected chi connectivity index (χ1v) is 7.46. The van der Waals surface area contributed by atoms with Crippen LogP contribution in [-0.2, 0) is 20.7 Å². The average molecular weight is 300 g/mol. The van der Waals surface area contributed by atoms with Crippen molar-refractivity contribution in [3.05, 3.63) is 42.1 Å². The summed E-state index contributed by atoms with van der Waals surface area (Å²) in [5.74, 6) is 0.175. The molecule has 1 aliphatic heterocycles. The first-order valence-electron chi connectivity index (χ1n) is 7.46. The minimum Gasteiger partial charge on any atom is -0.379 e. The molecule has 2 heterocycles. The van der Waals surface area contributed by atoms with Crippen LogP contribution in [0.5, 0.6) is 0 Å². The van der Waals surface area contributed by atoms with Gasteiger partial charge in [0.25, 0.3) is 0 Å². The number of benzene rings is 1. The fourth-order valence-corrected chi connectivity index (χ4v) is 2.95. The van der Waals surface area contributed by atoms with E-state index in [2.05, 4.69) is 22.4 Å². The van der Waals surface area contributed by atoms with Crippen molar-refractivity contribution in [2.45, 2.75) is 12.5 Å². The predicted molar refractivity (Wildman–Crippen MR) is 83.6 cm³/mol. The largest absolute Gasteiger partial charge is 0.379 e. The molecule has 5 heteroatoms. The fraction of sp³-hybridized carbons (Fsp3) is 0.412. The van der Waals surface area contributed by atoms with Gasteiger partial charge in [-0.2, -0.15) is 0 Å². The van der Waals surface area contributed by atoms with Gasteiger partial charge >= 0.3 is 0 Å². The van der Waals surface area contributed by atoms with E-state index in [1.54, 1.807) is 0 Å². The van der Waals surface area contributed by atoms with Crippen LogP contribution in [0.2, 0.25) is 0 Å². The highest BCUT2D eigenvalue weighted by atomic mass is 16.5. The van der Waals surface area contributed by atoms with E-state index in [-0.39, 0.29) is 24.5 Å². The van der Waals surface area contributed by atoms with Crippen molar-refractivity contribution in [2.24, 2.45) is 5.92 Å². The third-order valence-corrected chi connectivity index (χ3v) is 4.04. The molecule has 5 nitrogen and oxygen atoms in total. The summed E-state index contributed by atoms with van der Waals surface area (Å²) in [6, 6.07) is 10.2. The summed E-state index contributed by atoms with van der Waals surface area (Å²) in [6.45, 7) is 1.30. The van der Waals surface area contributed by atoms with Gasteiger partial charge in [0.15, 0.2) is 0 Å². The second kappa shape index (κ2) is 6.85. The number of para-hydroxylation sites is 1. The van der Waals surface area contributed by atoms with Crippen LogP contribution < -0.4 is 5.32 Å². The Balaban J connectivity index is 1.74. The quantitative estimate of drug-likeness (QED) is 0.910. The van der Waals surface area contributed by atoms with Crippen LogP contribution in [0.3, 0.4) is 0 Å². The van der Waals surface area contributed by atoms with Gasteiger partial charge in [-0.15, -0.1) is 0 Å². The number of pyridine rings is 1. The molecule has 1 aromatic heterocycles. The van der Waals surface area contributed by atoms with Gasteiger partial charge in [-0.3, -0.25) is 9.78 Å². The Bertz CT molecular complexity index is 654. The Morgan fingerprint density at radius 3 is 3.09 bits per heavy atom. The van der Waals surface area contributed by atoms with Crippen LogP contribution in [0.4, 0.5) is 0 Å². The van der Waals surface area contributed by atoms with Gasteiger partial charge in [0, 0.05) is 24.6 Å². The highest BCUT2D eigenvalue weighted by Gasteiger charge is 2.29. The van der Waals surface area contributed by atoms with Crippen molar-refractivity contribution >= 4 is 16.8 Å². The topological polar surface area (TPSA) is 60.5 Å². The summed E-state index contributed by atoms with van der Waals surface area (Å²) in [5, 5.41) is 4.16. The lowest BCUT2D eigenvalue weighted by Gasteiger charge is -2.19. The van der Waals surface area contributed by atoms with E-state index >= 15 is 0 Å². The third-order valence-electron chi connectivity index (χ3n) is 4.04. The SMILES string of the molecule is COCC(=O)N[C@@H]1COC[C@H]1Cc1ccnc2ccccc12. The first kappa shape index (κ1) is 14.9. The summed E-state index contributed by atoms with van der Waals surface area (Å²) >= 11 is 0. The van der Waals surface area contributed by atoms with Crippen LogP contribution in [0.1, 0.15) is 5.56 Å². The Morgan fingerprint density at radius 1 is 1.36 bits per heavy atom. The Hall–Kier alpha value is -1.98. The normalized spacial score (nSPS) is 21.1. The molecule has 3 rings (SSSR count). The lowest BCUT2D eigenvalue weighted by Crippen LogP contribution is -2.42. The summed E-state index contributed by atoms with van der Waals surface area (Å²) in [4.78, 5) is 16.1. The van der Waals surface area contributed by atoms with Crippen molar-refractivity contribution in [3.63, 3.8) is 0 Å². The van der Waals surface area contributed by atoms with E-state index in [1.165, 1.54) is 18.1 Å². The highest BCUT2D eigenvalue weighted by molar-refractivity contribution is 5.82. The lowest BCUT2D eigenvalue weighted by molar-refractivity contribution is -0.125. The minimum atomic E-state index is -0.0948. The number of fused-ring (bicyclic) bond motifs is 1. The molecule has 116 valence electrons. The molecule has 0 aliphatic carbocycles. The summed E-state index contributed by atoms with van der Waals surface area (Å²) < 4.78 is 10.4. The number of nitrogens with zero attached hydrogens (tertiary/aromatic N) is 1. The van der Waals surface area contributed by atoms with Gasteiger partial charge in [0.2, 0.25) is 5.91 Å². The molecular weight excluding hydrogens is 280 g/mol. The number of ether oxygens (including phenoxy) is 2. The zero-order valence-corrected chi connectivity index (χ0v) is 12.6. The summed E-state index contributed by atoms with van der Waals surface area (Å²) in [6.07, 6.45) is 2.70. The van der Waals surface area contributed by atoms with E-state index in [4.69, 9.17) is 9.47 Å². The molecule has 2 atom stereocenters. The number of hydrogen-bond donors (Lipinski definition) is 1. The lowest BCUT2D eigenvalue weighted by atomic mass is 9.93. The standard InChI is InChI=1S/C17H20N2O3/c1-21-11-17(20)19-16-10-22-9-13(16)8-12-6-7-18-15-5-3-2-4-14(12)15/h2-7,13,16H,8-11H2,1H3,(H,19,20)/t13-,16-/m1/s1. The molecule has 0 unspecified atom stereocenters. The minimum absolute atomic E-state index is 0.0366. The Kier molecular flexibility index (Phi) is 4.65. The second-order valence-corrected chi connectivity index (χ2v) is 5.60. The number of hydrogen-bond acceptors (Lipinski definition) is 4. The molecule has 1 aromatic carbocycles. The van der Waals surface area contributed by atoms with Gasteiger partial charge in [-0.25, -0.2) is 0 Å².